The van der Waals surface area contributed by atoms with Crippen LogP contribution in [-0.2, 0) is 13.5 Å². The summed E-state index contributed by atoms with van der Waals surface area (Å²) in [6.45, 7) is 2.95. The number of rotatable bonds is 8. The molecule has 110 valence electrons. The van der Waals surface area contributed by atoms with Crippen molar-refractivity contribution in [1.29, 1.82) is 0 Å². The van der Waals surface area contributed by atoms with E-state index < -0.39 is 0 Å². The van der Waals surface area contributed by atoms with Crippen molar-refractivity contribution in [3.05, 3.63) is 18.3 Å². The van der Waals surface area contributed by atoms with Crippen LogP contribution in [0.3, 0.4) is 0 Å². The molecule has 6 nitrogen and oxygen atoms in total. The molecule has 0 amide bonds. The molecular formula is C14H23N5O. The third kappa shape index (κ3) is 3.66. The molecule has 0 saturated heterocycles. The normalized spacial score (nSPS) is 12.8. The second-order valence-electron chi connectivity index (χ2n) is 5.14. The van der Waals surface area contributed by atoms with Gasteiger partial charge in [-0.3, -0.25) is 0 Å². The van der Waals surface area contributed by atoms with Crippen LogP contribution in [0.4, 0.5) is 0 Å². The topological polar surface area (TPSA) is 82.8 Å². The number of imidazole rings is 1. The third-order valence-electron chi connectivity index (χ3n) is 3.53. The van der Waals surface area contributed by atoms with Crippen molar-refractivity contribution in [3.63, 3.8) is 0 Å². The molecular weight excluding hydrogens is 254 g/mol. The Kier molecular flexibility index (Phi) is 5.29. The van der Waals surface area contributed by atoms with Crippen molar-refractivity contribution in [3.8, 4) is 11.6 Å². The van der Waals surface area contributed by atoms with Gasteiger partial charge in [0.05, 0.1) is 0 Å². The highest BCUT2D eigenvalue weighted by atomic mass is 16.5. The molecule has 0 aliphatic rings. The second-order valence-corrected chi connectivity index (χ2v) is 5.14. The third-order valence-corrected chi connectivity index (χ3v) is 3.53. The maximum Gasteiger partial charge on any atom is 0.238 e. The number of hydrogen-bond donors (Lipinski definition) is 1. The molecule has 0 bridgehead atoms. The van der Waals surface area contributed by atoms with Gasteiger partial charge in [-0.1, -0.05) is 24.9 Å². The number of nitrogens with zero attached hydrogens (tertiary/aromatic N) is 4. The first kappa shape index (κ1) is 14.7. The van der Waals surface area contributed by atoms with E-state index in [0.29, 0.717) is 17.6 Å². The zero-order valence-corrected chi connectivity index (χ0v) is 12.2. The van der Waals surface area contributed by atoms with E-state index in [1.54, 1.807) is 6.20 Å². The Hall–Kier alpha value is -1.69. The highest BCUT2D eigenvalue weighted by Gasteiger charge is 2.14. The predicted octanol–water partition coefficient (Wildman–Crippen LogP) is 2.17. The summed E-state index contributed by atoms with van der Waals surface area (Å²) in [6, 6.07) is 0. The van der Waals surface area contributed by atoms with Gasteiger partial charge in [0.25, 0.3) is 0 Å². The molecule has 1 unspecified atom stereocenters. The second kappa shape index (κ2) is 7.19. The maximum absolute atomic E-state index is 5.65. The van der Waals surface area contributed by atoms with Crippen molar-refractivity contribution in [2.45, 2.75) is 39.0 Å². The van der Waals surface area contributed by atoms with Gasteiger partial charge < -0.3 is 14.8 Å². The monoisotopic (exact) mass is 277 g/mol. The van der Waals surface area contributed by atoms with Crippen LogP contribution in [0.15, 0.2) is 16.9 Å². The number of hydrogen-bond acceptors (Lipinski definition) is 5. The fraction of sp³-hybridized carbons (Fsp3) is 0.643. The van der Waals surface area contributed by atoms with E-state index in [0.717, 1.165) is 31.6 Å². The predicted molar refractivity (Wildman–Crippen MR) is 76.9 cm³/mol. The molecule has 2 aromatic heterocycles. The van der Waals surface area contributed by atoms with E-state index >= 15 is 0 Å². The van der Waals surface area contributed by atoms with Crippen LogP contribution in [0.1, 0.15) is 38.5 Å². The summed E-state index contributed by atoms with van der Waals surface area (Å²) in [6.07, 6.45) is 8.90. The minimum Gasteiger partial charge on any atom is -0.339 e. The zero-order valence-electron chi connectivity index (χ0n) is 12.2. The first-order valence-corrected chi connectivity index (χ1v) is 7.25. The molecule has 1 atom stereocenters. The quantitative estimate of drug-likeness (QED) is 0.799. The Morgan fingerprint density at radius 3 is 2.85 bits per heavy atom. The summed E-state index contributed by atoms with van der Waals surface area (Å²) >= 11 is 0. The molecule has 0 aliphatic carbocycles. The van der Waals surface area contributed by atoms with Gasteiger partial charge in [-0.25, -0.2) is 4.98 Å². The van der Waals surface area contributed by atoms with Crippen LogP contribution in [0.25, 0.3) is 11.6 Å². The number of aromatic nitrogens is 4. The van der Waals surface area contributed by atoms with Crippen molar-refractivity contribution in [2.24, 2.45) is 18.7 Å². The average Bonchev–Trinajstić information content (AvgIpc) is 3.05. The minimum absolute atomic E-state index is 0.554. The van der Waals surface area contributed by atoms with E-state index in [9.17, 15) is 0 Å². The maximum atomic E-state index is 5.65. The Bertz CT molecular complexity index is 513. The van der Waals surface area contributed by atoms with E-state index in [1.165, 1.54) is 12.8 Å². The van der Waals surface area contributed by atoms with Gasteiger partial charge in [-0.2, -0.15) is 4.98 Å². The summed E-state index contributed by atoms with van der Waals surface area (Å²) in [5, 5.41) is 4.00. The highest BCUT2D eigenvalue weighted by Crippen LogP contribution is 2.19. The molecule has 6 heteroatoms. The largest absolute Gasteiger partial charge is 0.339 e. The van der Waals surface area contributed by atoms with Crippen LogP contribution in [-0.4, -0.2) is 26.2 Å². The van der Waals surface area contributed by atoms with Crippen molar-refractivity contribution in [2.75, 3.05) is 6.54 Å². The lowest BCUT2D eigenvalue weighted by molar-refractivity contribution is 0.349. The molecule has 20 heavy (non-hydrogen) atoms. The molecule has 2 heterocycles. The lowest BCUT2D eigenvalue weighted by atomic mass is 9.94. The van der Waals surface area contributed by atoms with Gasteiger partial charge in [0.1, 0.15) is 0 Å². The number of nitrogens with two attached hydrogens (primary N) is 1. The SMILES string of the molecule is CCCC(CCN)CCc1nc(-c2nccn2C)no1. The Morgan fingerprint density at radius 2 is 2.20 bits per heavy atom. The van der Waals surface area contributed by atoms with E-state index in [2.05, 4.69) is 22.0 Å². The smallest absolute Gasteiger partial charge is 0.238 e. The fourth-order valence-corrected chi connectivity index (χ4v) is 2.43. The Morgan fingerprint density at radius 1 is 1.35 bits per heavy atom. The summed E-state index contributed by atoms with van der Waals surface area (Å²) in [7, 11) is 1.91. The standard InChI is InChI=1S/C14H23N5O/c1-3-4-11(7-8-15)5-6-12-17-13(18-20-12)14-16-9-10-19(14)2/h9-11H,3-8,15H2,1-2H3. The lowest BCUT2D eigenvalue weighted by Crippen LogP contribution is -2.09. The van der Waals surface area contributed by atoms with Crippen LogP contribution < -0.4 is 5.73 Å². The van der Waals surface area contributed by atoms with Crippen molar-refractivity contribution < 1.29 is 4.52 Å². The van der Waals surface area contributed by atoms with Crippen LogP contribution in [0, 0.1) is 5.92 Å². The minimum atomic E-state index is 0.554. The molecule has 0 aliphatic heterocycles. The molecule has 0 spiro atoms. The Balaban J connectivity index is 1.94. The van der Waals surface area contributed by atoms with E-state index in [-0.39, 0.29) is 0 Å². The first-order chi connectivity index (χ1) is 9.74. The number of aryl methyl sites for hydroxylation is 2. The lowest BCUT2D eigenvalue weighted by Gasteiger charge is -2.13. The summed E-state index contributed by atoms with van der Waals surface area (Å²) in [5.74, 6) is 2.61. The first-order valence-electron chi connectivity index (χ1n) is 7.25. The average molecular weight is 277 g/mol. The highest BCUT2D eigenvalue weighted by molar-refractivity contribution is 5.42. The van der Waals surface area contributed by atoms with Crippen LogP contribution in [0.2, 0.25) is 0 Å². The van der Waals surface area contributed by atoms with Gasteiger partial charge in [0, 0.05) is 25.9 Å². The van der Waals surface area contributed by atoms with E-state index in [1.807, 2.05) is 17.8 Å². The Labute approximate surface area is 119 Å². The van der Waals surface area contributed by atoms with Gasteiger partial charge in [0.15, 0.2) is 5.82 Å². The summed E-state index contributed by atoms with van der Waals surface area (Å²) < 4.78 is 7.18. The van der Waals surface area contributed by atoms with E-state index in [4.69, 9.17) is 10.3 Å². The molecule has 0 aromatic carbocycles. The molecule has 2 rings (SSSR count). The van der Waals surface area contributed by atoms with Gasteiger partial charge >= 0.3 is 0 Å². The molecule has 0 radical (unpaired) electrons. The van der Waals surface area contributed by atoms with Crippen LogP contribution in [0.5, 0.6) is 0 Å². The van der Waals surface area contributed by atoms with Gasteiger partial charge in [-0.15, -0.1) is 0 Å². The summed E-state index contributed by atoms with van der Waals surface area (Å²) in [5.41, 5.74) is 5.65. The molecule has 0 saturated carbocycles. The molecule has 2 N–H and O–H groups in total. The van der Waals surface area contributed by atoms with Crippen molar-refractivity contribution in [1.82, 2.24) is 19.7 Å². The van der Waals surface area contributed by atoms with Crippen LogP contribution >= 0.6 is 0 Å². The summed E-state index contributed by atoms with van der Waals surface area (Å²) in [4.78, 5) is 8.63. The van der Waals surface area contributed by atoms with Gasteiger partial charge in [-0.05, 0) is 25.3 Å². The molecule has 2 aromatic rings. The van der Waals surface area contributed by atoms with Gasteiger partial charge in [0.2, 0.25) is 11.7 Å². The fourth-order valence-electron chi connectivity index (χ4n) is 2.43. The molecule has 0 fully saturated rings. The zero-order chi connectivity index (χ0) is 14.4. The van der Waals surface area contributed by atoms with Crippen molar-refractivity contribution >= 4 is 0 Å².